The molecule has 0 fully saturated rings. The highest BCUT2D eigenvalue weighted by molar-refractivity contribution is 6.02. The van der Waals surface area contributed by atoms with E-state index in [1.165, 1.54) is 7.11 Å². The lowest BCUT2D eigenvalue weighted by Crippen LogP contribution is -2.15. The zero-order valence-corrected chi connectivity index (χ0v) is 16.3. The lowest BCUT2D eigenvalue weighted by Gasteiger charge is -2.13. The van der Waals surface area contributed by atoms with Crippen LogP contribution in [0.5, 0.6) is 0 Å². The maximum atomic E-state index is 12.4. The van der Waals surface area contributed by atoms with Crippen LogP contribution in [0.15, 0.2) is 60.7 Å². The van der Waals surface area contributed by atoms with E-state index in [1.54, 1.807) is 36.4 Å². The van der Waals surface area contributed by atoms with Crippen LogP contribution < -0.4 is 15.5 Å². The van der Waals surface area contributed by atoms with E-state index in [9.17, 15) is 9.59 Å². The van der Waals surface area contributed by atoms with Gasteiger partial charge in [0.25, 0.3) is 5.91 Å². The first-order valence-electron chi connectivity index (χ1n) is 8.84. The third-order valence-electron chi connectivity index (χ3n) is 4.09. The first kappa shape index (κ1) is 19.8. The molecule has 1 amide bonds. The molecule has 1 aromatic heterocycles. The van der Waals surface area contributed by atoms with E-state index in [4.69, 9.17) is 4.74 Å². The molecule has 3 rings (SSSR count). The van der Waals surface area contributed by atoms with Crippen molar-refractivity contribution < 1.29 is 14.3 Å². The molecule has 1 heterocycles. The van der Waals surface area contributed by atoms with Gasteiger partial charge in [-0.1, -0.05) is 6.07 Å². The van der Waals surface area contributed by atoms with Crippen molar-refractivity contribution in [2.45, 2.75) is 0 Å². The van der Waals surface area contributed by atoms with Gasteiger partial charge in [0.2, 0.25) is 0 Å². The molecule has 0 aliphatic carbocycles. The van der Waals surface area contributed by atoms with Crippen molar-refractivity contribution in [3.8, 4) is 0 Å². The van der Waals surface area contributed by atoms with Gasteiger partial charge in [0.15, 0.2) is 11.5 Å². The van der Waals surface area contributed by atoms with Gasteiger partial charge in [-0.15, -0.1) is 10.2 Å². The molecule has 0 aliphatic heterocycles. The average Bonchev–Trinajstić information content (AvgIpc) is 2.74. The molecular weight excluding hydrogens is 370 g/mol. The number of methoxy groups -OCH3 is 1. The van der Waals surface area contributed by atoms with E-state index in [0.29, 0.717) is 22.8 Å². The monoisotopic (exact) mass is 391 g/mol. The highest BCUT2D eigenvalue weighted by Gasteiger charge is 2.10. The largest absolute Gasteiger partial charge is 0.465 e. The number of benzene rings is 2. The number of aromatic nitrogens is 2. The van der Waals surface area contributed by atoms with Crippen molar-refractivity contribution in [2.24, 2.45) is 0 Å². The van der Waals surface area contributed by atoms with E-state index < -0.39 is 5.97 Å². The molecule has 2 aromatic carbocycles. The topological polar surface area (TPSA) is 96.4 Å². The number of ether oxygens (including phenoxy) is 1. The van der Waals surface area contributed by atoms with E-state index in [1.807, 2.05) is 43.3 Å². The van der Waals surface area contributed by atoms with Crippen LogP contribution in [0.4, 0.5) is 22.9 Å². The van der Waals surface area contributed by atoms with Crippen molar-refractivity contribution >= 4 is 34.8 Å². The minimum atomic E-state index is -0.426. The maximum absolute atomic E-state index is 12.4. The van der Waals surface area contributed by atoms with Gasteiger partial charge >= 0.3 is 5.97 Å². The van der Waals surface area contributed by atoms with Gasteiger partial charge in [0, 0.05) is 31.2 Å². The molecule has 3 aromatic rings. The van der Waals surface area contributed by atoms with Gasteiger partial charge < -0.3 is 20.3 Å². The second-order valence-corrected chi connectivity index (χ2v) is 6.40. The molecule has 148 valence electrons. The first-order valence-corrected chi connectivity index (χ1v) is 8.84. The number of rotatable bonds is 6. The Morgan fingerprint density at radius 2 is 1.69 bits per heavy atom. The number of carbonyl (C=O) groups excluding carboxylic acids is 2. The molecule has 2 N–H and O–H groups in total. The fraction of sp³-hybridized carbons (Fsp3) is 0.143. The van der Waals surface area contributed by atoms with Crippen LogP contribution in [0.2, 0.25) is 0 Å². The summed E-state index contributed by atoms with van der Waals surface area (Å²) in [5, 5.41) is 13.8. The molecule has 0 radical (unpaired) electrons. The Bertz CT molecular complexity index is 1000. The molecule has 0 aliphatic rings. The van der Waals surface area contributed by atoms with Crippen molar-refractivity contribution in [1.82, 2.24) is 10.2 Å². The van der Waals surface area contributed by atoms with Crippen LogP contribution in [0.3, 0.4) is 0 Å². The zero-order valence-electron chi connectivity index (χ0n) is 16.3. The summed E-state index contributed by atoms with van der Waals surface area (Å²) in [4.78, 5) is 26.0. The number of amides is 1. The third kappa shape index (κ3) is 5.07. The third-order valence-corrected chi connectivity index (χ3v) is 4.09. The Kier molecular flexibility index (Phi) is 6.03. The summed E-state index contributed by atoms with van der Waals surface area (Å²) < 4.78 is 4.71. The Morgan fingerprint density at radius 1 is 0.931 bits per heavy atom. The molecule has 0 saturated heterocycles. The van der Waals surface area contributed by atoms with Crippen LogP contribution in [-0.4, -0.2) is 43.3 Å². The second-order valence-electron chi connectivity index (χ2n) is 6.40. The summed E-state index contributed by atoms with van der Waals surface area (Å²) in [5.74, 6) is -0.335. The fourth-order valence-corrected chi connectivity index (χ4v) is 2.55. The lowest BCUT2D eigenvalue weighted by molar-refractivity contribution is 0.0600. The van der Waals surface area contributed by atoms with Crippen molar-refractivity contribution in [3.63, 3.8) is 0 Å². The smallest absolute Gasteiger partial charge is 0.337 e. The summed E-state index contributed by atoms with van der Waals surface area (Å²) in [6, 6.07) is 17.5. The Morgan fingerprint density at radius 3 is 2.31 bits per heavy atom. The summed E-state index contributed by atoms with van der Waals surface area (Å²) in [7, 11) is 5.23. The number of hydrogen-bond acceptors (Lipinski definition) is 7. The quantitative estimate of drug-likeness (QED) is 0.622. The summed E-state index contributed by atoms with van der Waals surface area (Å²) in [6.45, 7) is 0. The van der Waals surface area contributed by atoms with E-state index in [0.717, 1.165) is 5.69 Å². The number of esters is 1. The molecule has 29 heavy (non-hydrogen) atoms. The number of carbonyl (C=O) groups is 2. The molecule has 0 spiro atoms. The van der Waals surface area contributed by atoms with E-state index in [2.05, 4.69) is 20.8 Å². The molecular formula is C21H21N5O3. The van der Waals surface area contributed by atoms with Crippen LogP contribution in [0.25, 0.3) is 0 Å². The standard InChI is InChI=1S/C21H21N5O3/c1-26(2)17-9-7-15(8-10-17)23-20(27)18-11-12-19(25-24-18)22-16-6-4-5-14(13-16)21(28)29-3/h4-13H,1-3H3,(H,22,25)(H,23,27). The molecule has 0 atom stereocenters. The van der Waals surface area contributed by atoms with Crippen molar-refractivity contribution in [2.75, 3.05) is 36.7 Å². The molecule has 0 bridgehead atoms. The van der Waals surface area contributed by atoms with E-state index in [-0.39, 0.29) is 11.6 Å². The molecule has 8 nitrogen and oxygen atoms in total. The van der Waals surface area contributed by atoms with Crippen LogP contribution in [0, 0.1) is 0 Å². The minimum Gasteiger partial charge on any atom is -0.465 e. The van der Waals surface area contributed by atoms with Gasteiger partial charge in [-0.05, 0) is 54.6 Å². The predicted octanol–water partition coefficient (Wildman–Crippen LogP) is 3.33. The molecule has 0 unspecified atom stereocenters. The Labute approximate surface area is 168 Å². The lowest BCUT2D eigenvalue weighted by atomic mass is 10.2. The number of nitrogens with zero attached hydrogens (tertiary/aromatic N) is 3. The average molecular weight is 391 g/mol. The SMILES string of the molecule is COC(=O)c1cccc(Nc2ccc(C(=O)Nc3ccc(N(C)C)cc3)nn2)c1. The maximum Gasteiger partial charge on any atom is 0.337 e. The second kappa shape index (κ2) is 8.83. The minimum absolute atomic E-state index is 0.190. The fourth-order valence-electron chi connectivity index (χ4n) is 2.55. The summed E-state index contributed by atoms with van der Waals surface area (Å²) >= 11 is 0. The molecule has 0 saturated carbocycles. The van der Waals surface area contributed by atoms with Gasteiger partial charge in [-0.2, -0.15) is 0 Å². The predicted molar refractivity (Wildman–Crippen MR) is 112 cm³/mol. The van der Waals surface area contributed by atoms with Gasteiger partial charge in [0.05, 0.1) is 12.7 Å². The summed E-state index contributed by atoms with van der Waals surface area (Å²) in [6.07, 6.45) is 0. The van der Waals surface area contributed by atoms with E-state index >= 15 is 0 Å². The highest BCUT2D eigenvalue weighted by atomic mass is 16.5. The van der Waals surface area contributed by atoms with Crippen LogP contribution in [-0.2, 0) is 4.74 Å². The highest BCUT2D eigenvalue weighted by Crippen LogP contribution is 2.18. The Balaban J connectivity index is 1.65. The van der Waals surface area contributed by atoms with Gasteiger partial charge in [0.1, 0.15) is 0 Å². The Hall–Kier alpha value is -3.94. The van der Waals surface area contributed by atoms with Crippen molar-refractivity contribution in [1.29, 1.82) is 0 Å². The normalized spacial score (nSPS) is 10.2. The zero-order chi connectivity index (χ0) is 20.8. The van der Waals surface area contributed by atoms with Crippen LogP contribution in [0.1, 0.15) is 20.8 Å². The van der Waals surface area contributed by atoms with Crippen LogP contribution >= 0.6 is 0 Å². The summed E-state index contributed by atoms with van der Waals surface area (Å²) in [5.41, 5.74) is 2.97. The van der Waals surface area contributed by atoms with Gasteiger partial charge in [-0.3, -0.25) is 4.79 Å². The first-order chi connectivity index (χ1) is 14.0. The van der Waals surface area contributed by atoms with Gasteiger partial charge in [-0.25, -0.2) is 4.79 Å². The molecule has 8 heteroatoms. The number of nitrogens with one attached hydrogen (secondary N) is 2. The van der Waals surface area contributed by atoms with Crippen molar-refractivity contribution in [3.05, 3.63) is 71.9 Å². The number of anilines is 4. The number of hydrogen-bond donors (Lipinski definition) is 2.